The first-order valence-corrected chi connectivity index (χ1v) is 8.92. The smallest absolute Gasteiger partial charge is 0.0415 e. The number of hydrogen-bond acceptors (Lipinski definition) is 0. The molecule has 112 valence electrons. The molecule has 0 bridgehead atoms. The van der Waals surface area contributed by atoms with Crippen LogP contribution in [0.3, 0.4) is 0 Å². The molecule has 0 spiro atoms. The second kappa shape index (κ2) is 6.98. The van der Waals surface area contributed by atoms with Crippen LogP contribution in [-0.2, 0) is 5.33 Å². The van der Waals surface area contributed by atoms with Gasteiger partial charge in [-0.15, -0.1) is 0 Å². The highest BCUT2D eigenvalue weighted by Crippen LogP contribution is 2.37. The van der Waals surface area contributed by atoms with Crippen LogP contribution in [0.15, 0.2) is 36.4 Å². The van der Waals surface area contributed by atoms with Gasteiger partial charge in [0.05, 0.1) is 0 Å². The largest absolute Gasteiger partial charge is 0.0876 e. The minimum Gasteiger partial charge on any atom is -0.0876 e. The van der Waals surface area contributed by atoms with E-state index in [2.05, 4.69) is 74.0 Å². The lowest BCUT2D eigenvalue weighted by molar-refractivity contribution is 0.838. The molecule has 0 aliphatic rings. The van der Waals surface area contributed by atoms with Gasteiger partial charge in [-0.05, 0) is 51.8 Å². The van der Waals surface area contributed by atoms with Crippen molar-refractivity contribution in [1.82, 2.24) is 0 Å². The Balaban J connectivity index is 2.74. The summed E-state index contributed by atoms with van der Waals surface area (Å²) in [7, 11) is 0. The van der Waals surface area contributed by atoms with Gasteiger partial charge >= 0.3 is 0 Å². The Hall–Kier alpha value is -0.790. The highest BCUT2D eigenvalue weighted by atomic mass is 79.9. The van der Waals surface area contributed by atoms with Crippen molar-refractivity contribution in [3.05, 3.63) is 58.1 Å². The monoisotopic (exact) mass is 364 g/mol. The predicted molar refractivity (Wildman–Crippen MR) is 97.7 cm³/mol. The molecule has 0 saturated carbocycles. The third kappa shape index (κ3) is 3.70. The maximum atomic E-state index is 6.32. The van der Waals surface area contributed by atoms with Crippen LogP contribution in [0.25, 0.3) is 11.1 Å². The zero-order valence-corrected chi connectivity index (χ0v) is 15.4. The number of hydrogen-bond donors (Lipinski definition) is 0. The summed E-state index contributed by atoms with van der Waals surface area (Å²) in [6.45, 7) is 9.00. The molecule has 2 aromatic rings. The summed E-state index contributed by atoms with van der Waals surface area (Å²) < 4.78 is 0. The molecule has 0 atom stereocenters. The third-order valence-electron chi connectivity index (χ3n) is 3.77. The molecule has 0 unspecified atom stereocenters. The molecule has 21 heavy (non-hydrogen) atoms. The Labute approximate surface area is 141 Å². The van der Waals surface area contributed by atoms with Crippen molar-refractivity contribution in [2.45, 2.75) is 44.9 Å². The van der Waals surface area contributed by atoms with Gasteiger partial charge in [0.1, 0.15) is 0 Å². The van der Waals surface area contributed by atoms with Crippen LogP contribution < -0.4 is 0 Å². The first kappa shape index (κ1) is 16.6. The molecule has 0 nitrogen and oxygen atoms in total. The van der Waals surface area contributed by atoms with Gasteiger partial charge in [0.2, 0.25) is 0 Å². The van der Waals surface area contributed by atoms with E-state index in [0.29, 0.717) is 11.8 Å². The summed E-state index contributed by atoms with van der Waals surface area (Å²) in [5.41, 5.74) is 6.58. The molecule has 0 amide bonds. The molecule has 0 aliphatic heterocycles. The summed E-state index contributed by atoms with van der Waals surface area (Å²) in [5.74, 6) is 0.982. The van der Waals surface area contributed by atoms with E-state index in [1.54, 1.807) is 0 Å². The van der Waals surface area contributed by atoms with E-state index in [4.69, 9.17) is 11.6 Å². The third-order valence-corrected chi connectivity index (χ3v) is 4.64. The summed E-state index contributed by atoms with van der Waals surface area (Å²) >= 11 is 9.86. The molecule has 0 heterocycles. The molecular weight excluding hydrogens is 344 g/mol. The minimum atomic E-state index is 0.491. The van der Waals surface area contributed by atoms with Gasteiger partial charge < -0.3 is 0 Å². The molecule has 0 saturated heterocycles. The zero-order chi connectivity index (χ0) is 15.6. The number of alkyl halides is 1. The molecule has 2 heteroatoms. The molecule has 2 rings (SSSR count). The quantitative estimate of drug-likeness (QED) is 0.505. The lowest BCUT2D eigenvalue weighted by atomic mass is 9.85. The number of halogens is 2. The lowest BCUT2D eigenvalue weighted by Crippen LogP contribution is -2.00. The van der Waals surface area contributed by atoms with Crippen molar-refractivity contribution in [3.63, 3.8) is 0 Å². The molecule has 0 aromatic heterocycles. The van der Waals surface area contributed by atoms with E-state index >= 15 is 0 Å². The zero-order valence-electron chi connectivity index (χ0n) is 13.1. The fourth-order valence-electron chi connectivity index (χ4n) is 2.76. The van der Waals surface area contributed by atoms with Crippen molar-refractivity contribution in [2.75, 3.05) is 0 Å². The first-order valence-electron chi connectivity index (χ1n) is 7.42. The van der Waals surface area contributed by atoms with Crippen molar-refractivity contribution >= 4 is 27.5 Å². The summed E-state index contributed by atoms with van der Waals surface area (Å²) in [5, 5.41) is 1.62. The van der Waals surface area contributed by atoms with Gasteiger partial charge in [0.25, 0.3) is 0 Å². The summed E-state index contributed by atoms with van der Waals surface area (Å²) in [6, 6.07) is 13.0. The number of rotatable bonds is 4. The average Bonchev–Trinajstić information content (AvgIpc) is 2.45. The van der Waals surface area contributed by atoms with E-state index in [1.165, 1.54) is 27.8 Å². The minimum absolute atomic E-state index is 0.491. The predicted octanol–water partition coefficient (Wildman–Crippen LogP) is 7.15. The van der Waals surface area contributed by atoms with Gasteiger partial charge in [0.15, 0.2) is 0 Å². The highest BCUT2D eigenvalue weighted by molar-refractivity contribution is 9.08. The van der Waals surface area contributed by atoms with Gasteiger partial charge in [-0.3, -0.25) is 0 Å². The first-order chi connectivity index (χ1) is 9.93. The topological polar surface area (TPSA) is 0 Å². The van der Waals surface area contributed by atoms with Crippen molar-refractivity contribution in [2.24, 2.45) is 0 Å². The van der Waals surface area contributed by atoms with Crippen LogP contribution in [-0.4, -0.2) is 0 Å². The SMILES string of the molecule is CC(C)c1cccc(C(C)C)c1-c1cc(Cl)cc(CBr)c1. The normalized spacial score (nSPS) is 11.4. The Kier molecular flexibility index (Phi) is 5.51. The van der Waals surface area contributed by atoms with Crippen molar-refractivity contribution < 1.29 is 0 Å². The standard InChI is InChI=1S/C19H22BrCl/c1-12(2)17-6-5-7-18(13(3)4)19(17)15-8-14(11-20)9-16(21)10-15/h5-10,12-13H,11H2,1-4H3. The molecule has 0 fully saturated rings. The molecule has 0 aliphatic carbocycles. The van der Waals surface area contributed by atoms with Crippen molar-refractivity contribution in [3.8, 4) is 11.1 Å². The van der Waals surface area contributed by atoms with E-state index in [1.807, 2.05) is 6.07 Å². The second-order valence-electron chi connectivity index (χ2n) is 6.10. The Bertz CT molecular complexity index is 603. The molecular formula is C19H22BrCl. The van der Waals surface area contributed by atoms with E-state index in [-0.39, 0.29) is 0 Å². The van der Waals surface area contributed by atoms with Gasteiger partial charge in [0, 0.05) is 10.4 Å². The fourth-order valence-corrected chi connectivity index (χ4v) is 3.34. The van der Waals surface area contributed by atoms with E-state index in [9.17, 15) is 0 Å². The maximum absolute atomic E-state index is 6.32. The van der Waals surface area contributed by atoms with Crippen LogP contribution >= 0.6 is 27.5 Å². The van der Waals surface area contributed by atoms with Crippen LogP contribution in [0.1, 0.15) is 56.2 Å². The van der Waals surface area contributed by atoms with Gasteiger partial charge in [-0.1, -0.05) is 79.5 Å². The average molecular weight is 366 g/mol. The van der Waals surface area contributed by atoms with Crippen LogP contribution in [0.5, 0.6) is 0 Å². The van der Waals surface area contributed by atoms with E-state index < -0.39 is 0 Å². The molecule has 0 N–H and O–H groups in total. The van der Waals surface area contributed by atoms with Crippen LogP contribution in [0.4, 0.5) is 0 Å². The Morgan fingerprint density at radius 1 is 0.952 bits per heavy atom. The number of benzene rings is 2. The summed E-state index contributed by atoms with van der Waals surface area (Å²) in [4.78, 5) is 0. The van der Waals surface area contributed by atoms with E-state index in [0.717, 1.165) is 10.4 Å². The van der Waals surface area contributed by atoms with Gasteiger partial charge in [-0.2, -0.15) is 0 Å². The lowest BCUT2D eigenvalue weighted by Gasteiger charge is -2.20. The fraction of sp³-hybridized carbons (Fsp3) is 0.368. The van der Waals surface area contributed by atoms with Crippen molar-refractivity contribution in [1.29, 1.82) is 0 Å². The Morgan fingerprint density at radius 2 is 1.52 bits per heavy atom. The van der Waals surface area contributed by atoms with Crippen LogP contribution in [0, 0.1) is 0 Å². The highest BCUT2D eigenvalue weighted by Gasteiger charge is 2.16. The molecule has 2 aromatic carbocycles. The summed E-state index contributed by atoms with van der Waals surface area (Å²) in [6.07, 6.45) is 0. The van der Waals surface area contributed by atoms with Crippen LogP contribution in [0.2, 0.25) is 5.02 Å². The molecule has 0 radical (unpaired) electrons. The Morgan fingerprint density at radius 3 is 2.00 bits per heavy atom. The van der Waals surface area contributed by atoms with Gasteiger partial charge in [-0.25, -0.2) is 0 Å². The second-order valence-corrected chi connectivity index (χ2v) is 7.10. The maximum Gasteiger partial charge on any atom is 0.0415 e.